The Balaban J connectivity index is 2.67. The third kappa shape index (κ3) is 2.65. The van der Waals surface area contributed by atoms with Gasteiger partial charge in [0.15, 0.2) is 9.84 Å². The molecule has 0 spiro atoms. The number of rotatable bonds is 2. The minimum atomic E-state index is -2.84. The third-order valence-corrected chi connectivity index (χ3v) is 4.43. The highest BCUT2D eigenvalue weighted by atomic mass is 32.2. The molecule has 0 aromatic heterocycles. The lowest BCUT2D eigenvalue weighted by atomic mass is 9.85. The molecule has 0 amide bonds. The molecule has 4 nitrogen and oxygen atoms in total. The van der Waals surface area contributed by atoms with Crippen molar-refractivity contribution in [1.29, 1.82) is 0 Å². The predicted molar refractivity (Wildman–Crippen MR) is 53.0 cm³/mol. The molecule has 0 bridgehead atoms. The molecule has 0 radical (unpaired) electrons. The predicted octanol–water partition coefficient (Wildman–Crippen LogP) is -0.514. The Morgan fingerprint density at radius 3 is 2.31 bits per heavy atom. The molecule has 0 saturated carbocycles. The molecule has 1 aliphatic rings. The van der Waals surface area contributed by atoms with E-state index in [0.29, 0.717) is 6.42 Å². The maximum absolute atomic E-state index is 11.2. The van der Waals surface area contributed by atoms with Crippen LogP contribution in [0.25, 0.3) is 0 Å². The van der Waals surface area contributed by atoms with Crippen LogP contribution < -0.4 is 11.5 Å². The zero-order valence-electron chi connectivity index (χ0n) is 8.16. The van der Waals surface area contributed by atoms with Crippen LogP contribution in [-0.4, -0.2) is 31.5 Å². The minimum absolute atomic E-state index is 0.0324. The van der Waals surface area contributed by atoms with E-state index in [4.69, 9.17) is 11.5 Å². The minimum Gasteiger partial charge on any atom is -0.326 e. The third-order valence-electron chi connectivity index (χ3n) is 2.63. The standard InChI is InChI=1S/C8H18N2O2S/c1-8(2,10)7(9)6-3-4-13(11,12)5-6/h6-7H,3-5,9-10H2,1-2H3. The van der Waals surface area contributed by atoms with Crippen LogP contribution in [0.3, 0.4) is 0 Å². The van der Waals surface area contributed by atoms with Crippen LogP contribution in [0.2, 0.25) is 0 Å². The van der Waals surface area contributed by atoms with Gasteiger partial charge in [-0.3, -0.25) is 0 Å². The summed E-state index contributed by atoms with van der Waals surface area (Å²) in [6.07, 6.45) is 0.657. The van der Waals surface area contributed by atoms with Crippen molar-refractivity contribution in [2.75, 3.05) is 11.5 Å². The van der Waals surface area contributed by atoms with Crippen molar-refractivity contribution in [2.24, 2.45) is 17.4 Å². The Morgan fingerprint density at radius 2 is 2.00 bits per heavy atom. The molecule has 1 rings (SSSR count). The second-order valence-corrected chi connectivity index (χ2v) is 6.74. The fourth-order valence-electron chi connectivity index (χ4n) is 1.71. The van der Waals surface area contributed by atoms with E-state index in [1.165, 1.54) is 0 Å². The topological polar surface area (TPSA) is 86.2 Å². The first-order chi connectivity index (χ1) is 5.72. The summed E-state index contributed by atoms with van der Waals surface area (Å²) in [5, 5.41) is 0. The molecule has 2 unspecified atom stereocenters. The van der Waals surface area contributed by atoms with E-state index >= 15 is 0 Å². The van der Waals surface area contributed by atoms with E-state index in [0.717, 1.165) is 0 Å². The van der Waals surface area contributed by atoms with E-state index in [9.17, 15) is 8.42 Å². The van der Waals surface area contributed by atoms with Gasteiger partial charge in [-0.25, -0.2) is 8.42 Å². The molecule has 1 heterocycles. The van der Waals surface area contributed by atoms with E-state index in [1.807, 2.05) is 13.8 Å². The highest BCUT2D eigenvalue weighted by Crippen LogP contribution is 2.24. The molecule has 0 aliphatic carbocycles. The Hall–Kier alpha value is -0.130. The largest absolute Gasteiger partial charge is 0.326 e. The van der Waals surface area contributed by atoms with Crippen LogP contribution in [0.5, 0.6) is 0 Å². The van der Waals surface area contributed by atoms with Gasteiger partial charge in [0.2, 0.25) is 0 Å². The van der Waals surface area contributed by atoms with Crippen LogP contribution in [0.15, 0.2) is 0 Å². The Bertz CT molecular complexity index is 279. The van der Waals surface area contributed by atoms with Gasteiger partial charge in [-0.1, -0.05) is 0 Å². The van der Waals surface area contributed by atoms with Crippen LogP contribution in [0.4, 0.5) is 0 Å². The summed E-state index contributed by atoms with van der Waals surface area (Å²) in [5.74, 6) is 0.501. The Kier molecular flexibility index (Phi) is 2.71. The van der Waals surface area contributed by atoms with Gasteiger partial charge in [-0.2, -0.15) is 0 Å². The summed E-state index contributed by atoms with van der Waals surface area (Å²) < 4.78 is 22.4. The summed E-state index contributed by atoms with van der Waals surface area (Å²) in [5.41, 5.74) is 11.2. The van der Waals surface area contributed by atoms with Gasteiger partial charge in [0.05, 0.1) is 11.5 Å². The van der Waals surface area contributed by atoms with Gasteiger partial charge < -0.3 is 11.5 Å². The van der Waals surface area contributed by atoms with Gasteiger partial charge in [0.1, 0.15) is 0 Å². The van der Waals surface area contributed by atoms with Crippen molar-refractivity contribution in [3.63, 3.8) is 0 Å². The molecule has 2 atom stereocenters. The molecule has 78 valence electrons. The second kappa shape index (κ2) is 3.22. The molecule has 4 N–H and O–H groups in total. The highest BCUT2D eigenvalue weighted by molar-refractivity contribution is 7.91. The lowest BCUT2D eigenvalue weighted by Crippen LogP contribution is -2.54. The number of nitrogens with two attached hydrogens (primary N) is 2. The number of hydrogen-bond acceptors (Lipinski definition) is 4. The van der Waals surface area contributed by atoms with Crippen molar-refractivity contribution in [3.8, 4) is 0 Å². The van der Waals surface area contributed by atoms with E-state index < -0.39 is 15.4 Å². The smallest absolute Gasteiger partial charge is 0.150 e. The van der Waals surface area contributed by atoms with Crippen molar-refractivity contribution >= 4 is 9.84 Å². The maximum atomic E-state index is 11.2. The molecule has 1 saturated heterocycles. The monoisotopic (exact) mass is 206 g/mol. The fraction of sp³-hybridized carbons (Fsp3) is 1.00. The van der Waals surface area contributed by atoms with Crippen LogP contribution in [0.1, 0.15) is 20.3 Å². The van der Waals surface area contributed by atoms with E-state index in [2.05, 4.69) is 0 Å². The van der Waals surface area contributed by atoms with Crippen molar-refractivity contribution in [2.45, 2.75) is 31.8 Å². The van der Waals surface area contributed by atoms with Gasteiger partial charge in [0, 0.05) is 11.6 Å². The summed E-state index contributed by atoms with van der Waals surface area (Å²) in [4.78, 5) is 0. The first-order valence-electron chi connectivity index (χ1n) is 4.47. The van der Waals surface area contributed by atoms with Gasteiger partial charge in [-0.15, -0.1) is 0 Å². The lowest BCUT2D eigenvalue weighted by molar-refractivity contribution is 0.319. The molecular weight excluding hydrogens is 188 g/mol. The SMILES string of the molecule is CC(C)(N)C(N)C1CCS(=O)(=O)C1. The zero-order valence-corrected chi connectivity index (χ0v) is 8.97. The molecule has 1 aliphatic heterocycles. The van der Waals surface area contributed by atoms with Crippen molar-refractivity contribution < 1.29 is 8.42 Å². The van der Waals surface area contributed by atoms with Crippen LogP contribution in [0, 0.1) is 5.92 Å². The normalized spacial score (nSPS) is 30.3. The number of hydrogen-bond donors (Lipinski definition) is 2. The van der Waals surface area contributed by atoms with Gasteiger partial charge >= 0.3 is 0 Å². The zero-order chi connectivity index (χ0) is 10.3. The average molecular weight is 206 g/mol. The van der Waals surface area contributed by atoms with Crippen LogP contribution in [-0.2, 0) is 9.84 Å². The lowest BCUT2D eigenvalue weighted by Gasteiger charge is -2.31. The Labute approximate surface area is 79.6 Å². The van der Waals surface area contributed by atoms with Crippen molar-refractivity contribution in [3.05, 3.63) is 0 Å². The van der Waals surface area contributed by atoms with Gasteiger partial charge in [0.25, 0.3) is 0 Å². The fourth-order valence-corrected chi connectivity index (χ4v) is 3.57. The molecule has 5 heteroatoms. The maximum Gasteiger partial charge on any atom is 0.150 e. The van der Waals surface area contributed by atoms with E-state index in [1.54, 1.807) is 0 Å². The summed E-state index contributed by atoms with van der Waals surface area (Å²) in [6.45, 7) is 3.67. The van der Waals surface area contributed by atoms with E-state index in [-0.39, 0.29) is 23.5 Å². The highest BCUT2D eigenvalue weighted by Gasteiger charge is 2.37. The summed E-state index contributed by atoms with van der Waals surface area (Å²) >= 11 is 0. The summed E-state index contributed by atoms with van der Waals surface area (Å²) in [7, 11) is -2.84. The molecular formula is C8H18N2O2S. The van der Waals surface area contributed by atoms with Crippen LogP contribution >= 0.6 is 0 Å². The molecule has 1 fully saturated rings. The molecule has 0 aromatic rings. The first-order valence-corrected chi connectivity index (χ1v) is 6.29. The summed E-state index contributed by atoms with van der Waals surface area (Å²) in [6, 6.07) is -0.232. The van der Waals surface area contributed by atoms with Crippen molar-refractivity contribution in [1.82, 2.24) is 0 Å². The Morgan fingerprint density at radius 1 is 1.46 bits per heavy atom. The second-order valence-electron chi connectivity index (χ2n) is 4.51. The molecule has 0 aromatic carbocycles. The van der Waals surface area contributed by atoms with Gasteiger partial charge in [-0.05, 0) is 26.2 Å². The number of sulfone groups is 1. The average Bonchev–Trinajstić information content (AvgIpc) is 2.26. The quantitative estimate of drug-likeness (QED) is 0.637. The molecule has 13 heavy (non-hydrogen) atoms. The first kappa shape index (κ1) is 10.9.